The molecule has 1 fully saturated rings. The average molecular weight is 401 g/mol. The fraction of sp³-hybridized carbons (Fsp3) is 0.500. The Balaban J connectivity index is 1.63. The quantitative estimate of drug-likeness (QED) is 0.638. The van der Waals surface area contributed by atoms with Crippen LogP contribution in [0.15, 0.2) is 48.5 Å². The van der Waals surface area contributed by atoms with E-state index in [0.29, 0.717) is 18.6 Å². The van der Waals surface area contributed by atoms with Gasteiger partial charge in [-0.25, -0.2) is 0 Å². The van der Waals surface area contributed by atoms with Crippen molar-refractivity contribution in [3.05, 3.63) is 59.1 Å². The Morgan fingerprint density at radius 3 is 2.43 bits per heavy atom. The lowest BCUT2D eigenvalue weighted by molar-refractivity contribution is 0.170. The van der Waals surface area contributed by atoms with E-state index in [4.69, 9.17) is 16.3 Å². The highest BCUT2D eigenvalue weighted by Crippen LogP contribution is 2.40. The third kappa shape index (κ3) is 5.21. The van der Waals surface area contributed by atoms with Crippen LogP contribution in [0.1, 0.15) is 39.7 Å². The van der Waals surface area contributed by atoms with Crippen molar-refractivity contribution in [2.75, 3.05) is 24.6 Å². The number of rotatable bonds is 7. The van der Waals surface area contributed by atoms with Gasteiger partial charge in [0.15, 0.2) is 0 Å². The fourth-order valence-electron chi connectivity index (χ4n) is 4.23. The van der Waals surface area contributed by atoms with Crippen molar-refractivity contribution in [1.29, 1.82) is 0 Å². The van der Waals surface area contributed by atoms with Crippen LogP contribution in [-0.2, 0) is 6.54 Å². The van der Waals surface area contributed by atoms with Crippen LogP contribution in [0, 0.1) is 11.3 Å². The van der Waals surface area contributed by atoms with Crippen LogP contribution in [0.5, 0.6) is 5.75 Å². The Labute approximate surface area is 175 Å². The molecule has 0 spiro atoms. The summed E-state index contributed by atoms with van der Waals surface area (Å²) in [5, 5.41) is 4.44. The SMILES string of the molecule is CCOc1ccc(N2CC(CNCc3ccc(Cl)cc3)CC(C)(C)C2C)cc1. The van der Waals surface area contributed by atoms with E-state index in [-0.39, 0.29) is 5.41 Å². The topological polar surface area (TPSA) is 24.5 Å². The van der Waals surface area contributed by atoms with E-state index in [0.717, 1.165) is 30.4 Å². The molecule has 0 bridgehead atoms. The molecule has 1 heterocycles. The van der Waals surface area contributed by atoms with Gasteiger partial charge in [0, 0.05) is 29.8 Å². The minimum atomic E-state index is 0.267. The predicted molar refractivity (Wildman–Crippen MR) is 119 cm³/mol. The first-order valence-corrected chi connectivity index (χ1v) is 10.7. The Morgan fingerprint density at radius 2 is 1.79 bits per heavy atom. The first-order chi connectivity index (χ1) is 13.4. The lowest BCUT2D eigenvalue weighted by Gasteiger charge is -2.49. The normalized spacial score (nSPS) is 21.5. The van der Waals surface area contributed by atoms with Gasteiger partial charge in [0.2, 0.25) is 0 Å². The zero-order chi connectivity index (χ0) is 20.1. The number of hydrogen-bond donors (Lipinski definition) is 1. The molecule has 1 aliphatic rings. The van der Waals surface area contributed by atoms with E-state index in [2.05, 4.69) is 67.4 Å². The molecule has 152 valence electrons. The summed E-state index contributed by atoms with van der Waals surface area (Å²) in [6, 6.07) is 17.2. The van der Waals surface area contributed by atoms with Crippen LogP contribution in [0.25, 0.3) is 0 Å². The van der Waals surface area contributed by atoms with Crippen molar-refractivity contribution < 1.29 is 4.74 Å². The van der Waals surface area contributed by atoms with E-state index in [9.17, 15) is 0 Å². The zero-order valence-electron chi connectivity index (χ0n) is 17.5. The summed E-state index contributed by atoms with van der Waals surface area (Å²) in [6.45, 7) is 12.8. The number of hydrogen-bond acceptors (Lipinski definition) is 3. The van der Waals surface area contributed by atoms with Crippen molar-refractivity contribution >= 4 is 17.3 Å². The Kier molecular flexibility index (Phi) is 6.90. The van der Waals surface area contributed by atoms with Gasteiger partial charge in [-0.3, -0.25) is 0 Å². The molecule has 1 aliphatic heterocycles. The Bertz CT molecular complexity index is 742. The van der Waals surface area contributed by atoms with Gasteiger partial charge >= 0.3 is 0 Å². The maximum absolute atomic E-state index is 5.98. The summed E-state index contributed by atoms with van der Waals surface area (Å²) >= 11 is 5.98. The van der Waals surface area contributed by atoms with Gasteiger partial charge in [-0.15, -0.1) is 0 Å². The molecule has 3 rings (SSSR count). The Hall–Kier alpha value is -1.71. The number of halogens is 1. The van der Waals surface area contributed by atoms with Crippen LogP contribution < -0.4 is 15.0 Å². The second-order valence-electron chi connectivity index (χ2n) is 8.57. The van der Waals surface area contributed by atoms with Gasteiger partial charge in [-0.1, -0.05) is 37.6 Å². The molecule has 1 N–H and O–H groups in total. The van der Waals surface area contributed by atoms with Crippen molar-refractivity contribution in [1.82, 2.24) is 5.32 Å². The van der Waals surface area contributed by atoms with Crippen molar-refractivity contribution in [2.24, 2.45) is 11.3 Å². The van der Waals surface area contributed by atoms with Crippen LogP contribution in [0.4, 0.5) is 5.69 Å². The predicted octanol–water partition coefficient (Wildman–Crippen LogP) is 5.77. The summed E-state index contributed by atoms with van der Waals surface area (Å²) in [6.07, 6.45) is 1.23. The summed E-state index contributed by atoms with van der Waals surface area (Å²) < 4.78 is 5.60. The molecule has 2 unspecified atom stereocenters. The Morgan fingerprint density at radius 1 is 1.11 bits per heavy atom. The number of nitrogens with zero attached hydrogens (tertiary/aromatic N) is 1. The number of anilines is 1. The van der Waals surface area contributed by atoms with Crippen LogP contribution in [-0.4, -0.2) is 25.7 Å². The molecule has 3 nitrogen and oxygen atoms in total. The van der Waals surface area contributed by atoms with Gasteiger partial charge in [0.25, 0.3) is 0 Å². The molecule has 28 heavy (non-hydrogen) atoms. The average Bonchev–Trinajstić information content (AvgIpc) is 2.67. The number of nitrogens with one attached hydrogen (secondary N) is 1. The van der Waals surface area contributed by atoms with Crippen molar-refractivity contribution in [3.8, 4) is 5.75 Å². The molecular formula is C24H33ClN2O. The van der Waals surface area contributed by atoms with Crippen molar-refractivity contribution in [2.45, 2.75) is 46.7 Å². The molecule has 2 aromatic rings. The maximum Gasteiger partial charge on any atom is 0.119 e. The standard InChI is InChI=1S/C24H33ClN2O/c1-5-28-23-12-10-22(11-13-23)27-17-20(14-24(3,4)18(27)2)16-26-15-19-6-8-21(25)9-7-19/h6-13,18,20,26H,5,14-17H2,1-4H3. The molecule has 0 amide bonds. The first kappa shape index (κ1) is 21.0. The monoisotopic (exact) mass is 400 g/mol. The van der Waals surface area contributed by atoms with E-state index in [1.54, 1.807) is 0 Å². The van der Waals surface area contributed by atoms with Gasteiger partial charge in [0.05, 0.1) is 6.61 Å². The highest BCUT2D eigenvalue weighted by Gasteiger charge is 2.38. The highest BCUT2D eigenvalue weighted by molar-refractivity contribution is 6.30. The summed E-state index contributed by atoms with van der Waals surface area (Å²) in [7, 11) is 0. The molecule has 0 saturated carbocycles. The second kappa shape index (κ2) is 9.19. The minimum Gasteiger partial charge on any atom is -0.494 e. The number of ether oxygens (including phenoxy) is 1. The van der Waals surface area contributed by atoms with Crippen LogP contribution in [0.3, 0.4) is 0 Å². The molecule has 0 aromatic heterocycles. The van der Waals surface area contributed by atoms with E-state index in [1.807, 2.05) is 19.1 Å². The van der Waals surface area contributed by atoms with Crippen LogP contribution in [0.2, 0.25) is 5.02 Å². The van der Waals surface area contributed by atoms with E-state index >= 15 is 0 Å². The number of piperidine rings is 1. The molecule has 0 aliphatic carbocycles. The third-order valence-electron chi connectivity index (χ3n) is 6.02. The molecule has 0 radical (unpaired) electrons. The maximum atomic E-state index is 5.98. The van der Waals surface area contributed by atoms with Crippen molar-refractivity contribution in [3.63, 3.8) is 0 Å². The van der Waals surface area contributed by atoms with Gasteiger partial charge in [-0.05, 0) is 80.1 Å². The lowest BCUT2D eigenvalue weighted by atomic mass is 9.72. The molecule has 1 saturated heterocycles. The van der Waals surface area contributed by atoms with Gasteiger partial charge < -0.3 is 15.0 Å². The highest BCUT2D eigenvalue weighted by atomic mass is 35.5. The fourth-order valence-corrected chi connectivity index (χ4v) is 4.35. The number of benzene rings is 2. The first-order valence-electron chi connectivity index (χ1n) is 10.3. The molecule has 4 heteroatoms. The summed E-state index contributed by atoms with van der Waals surface area (Å²) in [5.74, 6) is 1.56. The second-order valence-corrected chi connectivity index (χ2v) is 9.01. The summed E-state index contributed by atoms with van der Waals surface area (Å²) in [5.41, 5.74) is 2.83. The smallest absolute Gasteiger partial charge is 0.119 e. The van der Waals surface area contributed by atoms with Gasteiger partial charge in [-0.2, -0.15) is 0 Å². The van der Waals surface area contributed by atoms with Crippen LogP contribution >= 0.6 is 11.6 Å². The molecule has 2 aromatic carbocycles. The molecule has 2 atom stereocenters. The van der Waals surface area contributed by atoms with Gasteiger partial charge in [0.1, 0.15) is 5.75 Å². The molecular weight excluding hydrogens is 368 g/mol. The zero-order valence-corrected chi connectivity index (χ0v) is 18.3. The van der Waals surface area contributed by atoms with E-state index in [1.165, 1.54) is 17.7 Å². The largest absolute Gasteiger partial charge is 0.494 e. The lowest BCUT2D eigenvalue weighted by Crippen LogP contribution is -2.53. The third-order valence-corrected chi connectivity index (χ3v) is 6.27. The summed E-state index contributed by atoms with van der Waals surface area (Å²) in [4.78, 5) is 2.56. The minimum absolute atomic E-state index is 0.267. The van der Waals surface area contributed by atoms with E-state index < -0.39 is 0 Å².